The number of aromatic nitrogens is 3. The number of halogens is 1. The molecule has 2 aromatic heterocycles. The molecule has 1 aliphatic rings. The molecule has 186 valence electrons. The van der Waals surface area contributed by atoms with Crippen molar-refractivity contribution in [1.29, 1.82) is 0 Å². The van der Waals surface area contributed by atoms with Gasteiger partial charge < -0.3 is 14.6 Å². The third-order valence-corrected chi connectivity index (χ3v) is 8.18. The fraction of sp³-hybridized carbons (Fsp3) is 0.280. The summed E-state index contributed by atoms with van der Waals surface area (Å²) in [7, 11) is 0. The molecule has 0 aliphatic carbocycles. The number of thioether (sulfide) groups is 1. The average Bonchev–Trinajstić information content (AvgIpc) is 3.51. The number of benzene rings is 2. The summed E-state index contributed by atoms with van der Waals surface area (Å²) in [4.78, 5) is 31.0. The van der Waals surface area contributed by atoms with Crippen LogP contribution in [0.3, 0.4) is 0 Å². The summed E-state index contributed by atoms with van der Waals surface area (Å²) < 4.78 is 23.6. The van der Waals surface area contributed by atoms with Crippen LogP contribution in [-0.2, 0) is 22.6 Å². The summed E-state index contributed by atoms with van der Waals surface area (Å²) >= 11 is 7.93. The predicted octanol–water partition coefficient (Wildman–Crippen LogP) is 4.70. The molecule has 1 unspecified atom stereocenters. The molecule has 0 bridgehead atoms. The van der Waals surface area contributed by atoms with Crippen molar-refractivity contribution in [2.45, 2.75) is 37.2 Å². The fourth-order valence-corrected chi connectivity index (χ4v) is 6.14. The van der Waals surface area contributed by atoms with E-state index >= 15 is 0 Å². The zero-order valence-electron chi connectivity index (χ0n) is 19.2. The molecule has 1 fully saturated rings. The summed E-state index contributed by atoms with van der Waals surface area (Å²) in [6.07, 6.45) is 1.94. The van der Waals surface area contributed by atoms with Crippen LogP contribution in [0.4, 0.5) is 4.39 Å². The van der Waals surface area contributed by atoms with Gasteiger partial charge in [-0.05, 0) is 54.9 Å². The van der Waals surface area contributed by atoms with Crippen molar-refractivity contribution < 1.29 is 13.9 Å². The summed E-state index contributed by atoms with van der Waals surface area (Å²) in [5.41, 5.74) is 1.63. The Morgan fingerprint density at radius 1 is 1.22 bits per heavy atom. The topological polar surface area (TPSA) is 78.2 Å². The molecule has 1 amide bonds. The largest absolute Gasteiger partial charge is 0.376 e. The Morgan fingerprint density at radius 2 is 2.00 bits per heavy atom. The summed E-state index contributed by atoms with van der Waals surface area (Å²) in [6, 6.07) is 15.2. The Labute approximate surface area is 219 Å². The number of thiazole rings is 1. The van der Waals surface area contributed by atoms with Gasteiger partial charge in [0, 0.05) is 13.2 Å². The highest BCUT2D eigenvalue weighted by molar-refractivity contribution is 7.99. The molecule has 0 spiro atoms. The number of carbonyl (C=O) groups excluding carboxylic acids is 1. The van der Waals surface area contributed by atoms with Gasteiger partial charge in [0.05, 0.1) is 24.1 Å². The Bertz CT molecular complexity index is 1490. The van der Waals surface area contributed by atoms with E-state index in [9.17, 15) is 14.0 Å². The third kappa shape index (κ3) is 5.44. The van der Waals surface area contributed by atoms with Gasteiger partial charge in [0.25, 0.3) is 5.56 Å². The van der Waals surface area contributed by atoms with Crippen molar-refractivity contribution in [3.05, 3.63) is 80.3 Å². The number of rotatable bonds is 8. The number of ether oxygens (including phenoxy) is 1. The van der Waals surface area contributed by atoms with E-state index in [1.807, 2.05) is 34.9 Å². The molecule has 0 saturated carbocycles. The molecule has 1 saturated heterocycles. The van der Waals surface area contributed by atoms with Crippen molar-refractivity contribution >= 4 is 51.6 Å². The lowest BCUT2D eigenvalue weighted by Crippen LogP contribution is -2.26. The standard InChI is InChI=1S/C25H23FN4O3S3/c26-17-8-10-18(11-9-17)30-23(32)21-22(29(25(34)36-21)14-19-7-4-12-33-19)28-24(30)35-15-20(31)27-13-16-5-2-1-3-6-16/h1-3,5-6,8-11,19H,4,7,12-15H2,(H,27,31). The van der Waals surface area contributed by atoms with Crippen LogP contribution in [0.25, 0.3) is 16.0 Å². The zero-order chi connectivity index (χ0) is 25.1. The molecule has 11 heteroatoms. The zero-order valence-corrected chi connectivity index (χ0v) is 21.6. The van der Waals surface area contributed by atoms with Crippen LogP contribution in [0.15, 0.2) is 64.5 Å². The first-order chi connectivity index (χ1) is 17.5. The maximum atomic E-state index is 13.6. The number of carbonyl (C=O) groups is 1. The number of hydrogen-bond acceptors (Lipinski definition) is 7. The van der Waals surface area contributed by atoms with Gasteiger partial charge in [-0.15, -0.1) is 0 Å². The number of hydrogen-bond donors (Lipinski definition) is 1. The smallest absolute Gasteiger partial charge is 0.278 e. The van der Waals surface area contributed by atoms with Gasteiger partial charge in [-0.2, -0.15) is 0 Å². The SMILES string of the molecule is O=C(CSc1nc2c(sc(=S)n2CC2CCCO2)c(=O)n1-c1ccc(F)cc1)NCc1ccccc1. The molecule has 1 aliphatic heterocycles. The predicted molar refractivity (Wildman–Crippen MR) is 142 cm³/mol. The van der Waals surface area contributed by atoms with Gasteiger partial charge in [0.2, 0.25) is 5.91 Å². The molecule has 3 heterocycles. The van der Waals surface area contributed by atoms with Crippen LogP contribution in [0, 0.1) is 9.77 Å². The van der Waals surface area contributed by atoms with E-state index in [1.165, 1.54) is 40.2 Å². The lowest BCUT2D eigenvalue weighted by Gasteiger charge is -2.14. The maximum absolute atomic E-state index is 13.6. The van der Waals surface area contributed by atoms with Crippen LogP contribution >= 0.6 is 35.3 Å². The first-order valence-electron chi connectivity index (χ1n) is 11.5. The Hall–Kier alpha value is -2.86. The second-order valence-corrected chi connectivity index (χ2v) is 10.9. The summed E-state index contributed by atoms with van der Waals surface area (Å²) in [5.74, 6) is -0.540. The lowest BCUT2D eigenvalue weighted by molar-refractivity contribution is -0.118. The molecule has 1 N–H and O–H groups in total. The second kappa shape index (κ2) is 11.0. The third-order valence-electron chi connectivity index (χ3n) is 5.82. The summed E-state index contributed by atoms with van der Waals surface area (Å²) in [6.45, 7) is 1.64. The molecule has 1 atom stereocenters. The number of amides is 1. The highest BCUT2D eigenvalue weighted by atomic mass is 32.2. The van der Waals surface area contributed by atoms with E-state index < -0.39 is 5.82 Å². The van der Waals surface area contributed by atoms with Crippen LogP contribution in [0.1, 0.15) is 18.4 Å². The normalized spacial score (nSPS) is 15.4. The summed E-state index contributed by atoms with van der Waals surface area (Å²) in [5, 5.41) is 3.23. The van der Waals surface area contributed by atoms with Crippen molar-refractivity contribution in [3.8, 4) is 5.69 Å². The van der Waals surface area contributed by atoms with Crippen molar-refractivity contribution in [1.82, 2.24) is 19.4 Å². The van der Waals surface area contributed by atoms with Crippen molar-refractivity contribution in [2.75, 3.05) is 12.4 Å². The van der Waals surface area contributed by atoms with Gasteiger partial charge in [-0.25, -0.2) is 9.37 Å². The Kier molecular flexibility index (Phi) is 7.61. The molecule has 36 heavy (non-hydrogen) atoms. The molecule has 4 aromatic rings. The Balaban J connectivity index is 1.48. The lowest BCUT2D eigenvalue weighted by atomic mass is 10.2. The number of nitrogens with one attached hydrogen (secondary N) is 1. The van der Waals surface area contributed by atoms with E-state index in [0.29, 0.717) is 44.8 Å². The molecule has 5 rings (SSSR count). The van der Waals surface area contributed by atoms with E-state index in [1.54, 1.807) is 0 Å². The monoisotopic (exact) mass is 542 g/mol. The fourth-order valence-electron chi connectivity index (χ4n) is 4.02. The molecule has 7 nitrogen and oxygen atoms in total. The first kappa shape index (κ1) is 24.8. The van der Waals surface area contributed by atoms with Crippen molar-refractivity contribution in [3.63, 3.8) is 0 Å². The second-order valence-electron chi connectivity index (χ2n) is 8.33. The number of fused-ring (bicyclic) bond motifs is 1. The van der Waals surface area contributed by atoms with E-state index in [4.69, 9.17) is 21.9 Å². The number of nitrogens with zero attached hydrogens (tertiary/aromatic N) is 3. The molecular formula is C25H23FN4O3S3. The first-order valence-corrected chi connectivity index (χ1v) is 13.7. The van der Waals surface area contributed by atoms with Gasteiger partial charge in [-0.3, -0.25) is 14.2 Å². The minimum atomic E-state index is -0.409. The maximum Gasteiger partial charge on any atom is 0.278 e. The van der Waals surface area contributed by atoms with Gasteiger partial charge >= 0.3 is 0 Å². The van der Waals surface area contributed by atoms with E-state index in [-0.39, 0.29) is 23.3 Å². The molecular weight excluding hydrogens is 519 g/mol. The molecule has 0 radical (unpaired) electrons. The van der Waals surface area contributed by atoms with Crippen LogP contribution in [-0.4, -0.2) is 38.5 Å². The van der Waals surface area contributed by atoms with Crippen LogP contribution in [0.2, 0.25) is 0 Å². The quantitative estimate of drug-likeness (QED) is 0.198. The minimum absolute atomic E-state index is 0.0238. The van der Waals surface area contributed by atoms with Gasteiger partial charge in [0.15, 0.2) is 14.8 Å². The van der Waals surface area contributed by atoms with E-state index in [2.05, 4.69) is 5.32 Å². The van der Waals surface area contributed by atoms with Crippen molar-refractivity contribution in [2.24, 2.45) is 0 Å². The van der Waals surface area contributed by atoms with Crippen LogP contribution < -0.4 is 10.9 Å². The highest BCUT2D eigenvalue weighted by Crippen LogP contribution is 2.26. The Morgan fingerprint density at radius 3 is 2.72 bits per heavy atom. The minimum Gasteiger partial charge on any atom is -0.376 e. The van der Waals surface area contributed by atoms with Gasteiger partial charge in [-0.1, -0.05) is 53.4 Å². The average molecular weight is 543 g/mol. The van der Waals surface area contributed by atoms with Crippen LogP contribution in [0.5, 0.6) is 0 Å². The highest BCUT2D eigenvalue weighted by Gasteiger charge is 2.22. The van der Waals surface area contributed by atoms with Gasteiger partial charge in [0.1, 0.15) is 10.5 Å². The molecule has 2 aromatic carbocycles. The van der Waals surface area contributed by atoms with E-state index in [0.717, 1.165) is 30.2 Å².